The fraction of sp³-hybridized carbons (Fsp3) is 0.238. The topological polar surface area (TPSA) is 62.2 Å². The first-order chi connectivity index (χ1) is 12.6. The lowest BCUT2D eigenvalue weighted by Crippen LogP contribution is -2.29. The van der Waals surface area contributed by atoms with Gasteiger partial charge in [-0.15, -0.1) is 0 Å². The second-order valence-corrected chi connectivity index (χ2v) is 6.61. The molecule has 4 nitrogen and oxygen atoms in total. The molecule has 26 heavy (non-hydrogen) atoms. The Labute approximate surface area is 157 Å². The smallest absolute Gasteiger partial charge is 0.220 e. The minimum absolute atomic E-state index is 0.0591. The first kappa shape index (κ1) is 18.2. The average Bonchev–Trinajstić information content (AvgIpc) is 2.66. The lowest BCUT2D eigenvalue weighted by Gasteiger charge is -2.22. The molecule has 0 saturated carbocycles. The van der Waals surface area contributed by atoms with E-state index in [1.165, 1.54) is 0 Å². The number of halogens is 1. The quantitative estimate of drug-likeness (QED) is 0.644. The molecule has 0 bridgehead atoms. The first-order valence-electron chi connectivity index (χ1n) is 8.72. The number of aromatic hydroxyl groups is 1. The van der Waals surface area contributed by atoms with Crippen LogP contribution in [0.1, 0.15) is 43.4 Å². The Hall–Kier alpha value is -2.59. The molecule has 0 saturated heterocycles. The Bertz CT molecular complexity index is 927. The third-order valence-electron chi connectivity index (χ3n) is 4.37. The number of nitrogens with zero attached hydrogens (tertiary/aromatic N) is 1. The SMILES string of the molecule is CCCCC(=O)N[C@@H](c1ccccc1Cl)c1ccc2cccnc2c1O. The molecule has 0 spiro atoms. The molecular weight excluding hydrogens is 348 g/mol. The normalized spacial score (nSPS) is 12.1. The summed E-state index contributed by atoms with van der Waals surface area (Å²) in [6, 6.07) is 14.2. The molecule has 2 aromatic carbocycles. The van der Waals surface area contributed by atoms with Crippen molar-refractivity contribution in [1.82, 2.24) is 10.3 Å². The van der Waals surface area contributed by atoms with Crippen LogP contribution in [0.5, 0.6) is 5.75 Å². The van der Waals surface area contributed by atoms with Crippen LogP contribution in [0, 0.1) is 0 Å². The minimum Gasteiger partial charge on any atom is -0.505 e. The van der Waals surface area contributed by atoms with Crippen LogP contribution >= 0.6 is 11.6 Å². The summed E-state index contributed by atoms with van der Waals surface area (Å²) >= 11 is 6.38. The van der Waals surface area contributed by atoms with E-state index in [0.29, 0.717) is 22.5 Å². The van der Waals surface area contributed by atoms with Crippen LogP contribution in [0.2, 0.25) is 5.02 Å². The van der Waals surface area contributed by atoms with Gasteiger partial charge in [0.15, 0.2) is 0 Å². The summed E-state index contributed by atoms with van der Waals surface area (Å²) in [6.45, 7) is 2.04. The highest BCUT2D eigenvalue weighted by molar-refractivity contribution is 6.31. The van der Waals surface area contributed by atoms with E-state index in [4.69, 9.17) is 11.6 Å². The number of phenolic OH excluding ortho intramolecular Hbond substituents is 1. The number of hydrogen-bond acceptors (Lipinski definition) is 3. The second kappa shape index (κ2) is 8.19. The third-order valence-corrected chi connectivity index (χ3v) is 4.71. The highest BCUT2D eigenvalue weighted by atomic mass is 35.5. The van der Waals surface area contributed by atoms with Crippen LogP contribution in [-0.4, -0.2) is 16.0 Å². The summed E-state index contributed by atoms with van der Waals surface area (Å²) in [5.74, 6) is -0.0129. The number of pyridine rings is 1. The van der Waals surface area contributed by atoms with Crippen molar-refractivity contribution in [3.63, 3.8) is 0 Å². The van der Waals surface area contributed by atoms with E-state index in [0.717, 1.165) is 23.8 Å². The predicted octanol–water partition coefficient (Wildman–Crippen LogP) is 4.99. The molecule has 134 valence electrons. The Morgan fingerprint density at radius 1 is 1.15 bits per heavy atom. The predicted molar refractivity (Wildman–Crippen MR) is 104 cm³/mol. The molecule has 2 N–H and O–H groups in total. The van der Waals surface area contributed by atoms with Gasteiger partial charge in [0.05, 0.1) is 6.04 Å². The van der Waals surface area contributed by atoms with Crippen LogP contribution in [0.15, 0.2) is 54.7 Å². The van der Waals surface area contributed by atoms with Gasteiger partial charge >= 0.3 is 0 Å². The molecular formula is C21H21ClN2O2. The van der Waals surface area contributed by atoms with Crippen molar-refractivity contribution in [1.29, 1.82) is 0 Å². The van der Waals surface area contributed by atoms with Crippen LogP contribution in [0.25, 0.3) is 10.9 Å². The molecule has 1 atom stereocenters. The summed E-state index contributed by atoms with van der Waals surface area (Å²) in [5, 5.41) is 15.2. The van der Waals surface area contributed by atoms with Gasteiger partial charge in [-0.3, -0.25) is 9.78 Å². The number of carbonyl (C=O) groups is 1. The average molecular weight is 369 g/mol. The standard InChI is InChI=1S/C21H21ClN2O2/c1-2-3-10-18(25)24-20(15-8-4-5-9-17(15)22)16-12-11-14-7-6-13-23-19(14)21(16)26/h4-9,11-13,20,26H,2-3,10H2,1H3,(H,24,25)/t20-/m0/s1. The highest BCUT2D eigenvalue weighted by Gasteiger charge is 2.23. The number of amides is 1. The van der Waals surface area contributed by atoms with Crippen LogP contribution in [0.4, 0.5) is 0 Å². The Balaban J connectivity index is 2.07. The lowest BCUT2D eigenvalue weighted by atomic mass is 9.96. The van der Waals surface area contributed by atoms with Crippen molar-refractivity contribution in [2.75, 3.05) is 0 Å². The number of benzene rings is 2. The van der Waals surface area contributed by atoms with E-state index in [2.05, 4.69) is 10.3 Å². The van der Waals surface area contributed by atoms with E-state index < -0.39 is 6.04 Å². The first-order valence-corrected chi connectivity index (χ1v) is 9.10. The summed E-state index contributed by atoms with van der Waals surface area (Å²) in [6.07, 6.45) is 3.82. The number of carbonyl (C=O) groups excluding carboxylic acids is 1. The van der Waals surface area contributed by atoms with Gasteiger partial charge in [0.1, 0.15) is 11.3 Å². The third kappa shape index (κ3) is 3.81. The number of aromatic nitrogens is 1. The van der Waals surface area contributed by atoms with Crippen molar-refractivity contribution >= 4 is 28.4 Å². The molecule has 0 aliphatic carbocycles. The van der Waals surface area contributed by atoms with Gasteiger partial charge < -0.3 is 10.4 Å². The Morgan fingerprint density at radius 3 is 2.73 bits per heavy atom. The molecule has 5 heteroatoms. The second-order valence-electron chi connectivity index (χ2n) is 6.20. The fourth-order valence-corrected chi connectivity index (χ4v) is 3.23. The van der Waals surface area contributed by atoms with Crippen molar-refractivity contribution in [3.8, 4) is 5.75 Å². The van der Waals surface area contributed by atoms with Crippen LogP contribution in [0.3, 0.4) is 0 Å². The Kier molecular flexibility index (Phi) is 5.74. The summed E-state index contributed by atoms with van der Waals surface area (Å²) in [5.41, 5.74) is 1.82. The van der Waals surface area contributed by atoms with Gasteiger partial charge in [0, 0.05) is 28.6 Å². The molecule has 1 amide bonds. The molecule has 0 aliphatic heterocycles. The van der Waals surface area contributed by atoms with Gasteiger partial charge in [-0.05, 0) is 24.1 Å². The number of rotatable bonds is 6. The van der Waals surface area contributed by atoms with E-state index in [1.54, 1.807) is 12.3 Å². The molecule has 1 aromatic heterocycles. The molecule has 3 aromatic rings. The molecule has 3 rings (SSSR count). The van der Waals surface area contributed by atoms with Crippen LogP contribution in [-0.2, 0) is 4.79 Å². The number of nitrogens with one attached hydrogen (secondary N) is 1. The van der Waals surface area contributed by atoms with Gasteiger partial charge in [0.25, 0.3) is 0 Å². The molecule has 0 fully saturated rings. The van der Waals surface area contributed by atoms with E-state index in [-0.39, 0.29) is 11.7 Å². The van der Waals surface area contributed by atoms with Gasteiger partial charge in [-0.2, -0.15) is 0 Å². The zero-order chi connectivity index (χ0) is 18.5. The minimum atomic E-state index is -0.542. The number of hydrogen-bond donors (Lipinski definition) is 2. The Morgan fingerprint density at radius 2 is 1.96 bits per heavy atom. The summed E-state index contributed by atoms with van der Waals surface area (Å²) in [7, 11) is 0. The zero-order valence-electron chi connectivity index (χ0n) is 14.6. The molecule has 0 radical (unpaired) electrons. The summed E-state index contributed by atoms with van der Waals surface area (Å²) < 4.78 is 0. The summed E-state index contributed by atoms with van der Waals surface area (Å²) in [4.78, 5) is 16.7. The lowest BCUT2D eigenvalue weighted by molar-refractivity contribution is -0.121. The van der Waals surface area contributed by atoms with Gasteiger partial charge in [-0.25, -0.2) is 0 Å². The van der Waals surface area contributed by atoms with Crippen molar-refractivity contribution < 1.29 is 9.90 Å². The highest BCUT2D eigenvalue weighted by Crippen LogP contribution is 2.36. The molecule has 1 heterocycles. The van der Waals surface area contributed by atoms with E-state index in [9.17, 15) is 9.90 Å². The largest absolute Gasteiger partial charge is 0.505 e. The zero-order valence-corrected chi connectivity index (χ0v) is 15.3. The van der Waals surface area contributed by atoms with Crippen molar-refractivity contribution in [2.24, 2.45) is 0 Å². The number of fused-ring (bicyclic) bond motifs is 1. The van der Waals surface area contributed by atoms with Crippen molar-refractivity contribution in [2.45, 2.75) is 32.2 Å². The fourth-order valence-electron chi connectivity index (χ4n) is 2.98. The maximum atomic E-state index is 12.4. The van der Waals surface area contributed by atoms with Gasteiger partial charge in [0.2, 0.25) is 5.91 Å². The van der Waals surface area contributed by atoms with Gasteiger partial charge in [-0.1, -0.05) is 61.3 Å². The monoisotopic (exact) mass is 368 g/mol. The maximum absolute atomic E-state index is 12.4. The molecule has 0 unspecified atom stereocenters. The van der Waals surface area contributed by atoms with E-state index >= 15 is 0 Å². The maximum Gasteiger partial charge on any atom is 0.220 e. The van der Waals surface area contributed by atoms with E-state index in [1.807, 2.05) is 49.4 Å². The molecule has 0 aliphatic rings. The number of unbranched alkanes of at least 4 members (excludes halogenated alkanes) is 1. The van der Waals surface area contributed by atoms with Crippen molar-refractivity contribution in [3.05, 3.63) is 70.9 Å². The number of phenols is 1. The van der Waals surface area contributed by atoms with Crippen LogP contribution < -0.4 is 5.32 Å².